The van der Waals surface area contributed by atoms with Crippen molar-refractivity contribution < 1.29 is 33.7 Å². The van der Waals surface area contributed by atoms with Gasteiger partial charge in [-0.25, -0.2) is 4.79 Å². The highest BCUT2D eigenvalue weighted by Gasteiger charge is 2.33. The Balaban J connectivity index is 1.35. The van der Waals surface area contributed by atoms with Gasteiger partial charge in [-0.05, 0) is 50.1 Å². The molecule has 0 unspecified atom stereocenters. The van der Waals surface area contributed by atoms with Crippen LogP contribution in [0, 0.1) is 11.8 Å². The molecule has 1 saturated carbocycles. The first-order chi connectivity index (χ1) is 19.2. The normalized spacial score (nSPS) is 20.8. The smallest absolute Gasteiger partial charge is 0.321 e. The van der Waals surface area contributed by atoms with E-state index in [1.165, 1.54) is 4.90 Å². The van der Waals surface area contributed by atoms with Crippen LogP contribution in [0.15, 0.2) is 36.4 Å². The number of amides is 4. The minimum atomic E-state index is -0.461. The molecule has 4 amide bonds. The summed E-state index contributed by atoms with van der Waals surface area (Å²) in [4.78, 5) is 42.0. The van der Waals surface area contributed by atoms with Crippen LogP contribution in [-0.4, -0.2) is 78.4 Å². The van der Waals surface area contributed by atoms with Crippen molar-refractivity contribution in [1.82, 2.24) is 9.80 Å². The number of fused-ring (bicyclic) bond motifs is 2. The molecule has 0 spiro atoms. The molecule has 2 heterocycles. The summed E-state index contributed by atoms with van der Waals surface area (Å²) in [5.74, 6) is 1.45. The van der Waals surface area contributed by atoms with Crippen molar-refractivity contribution in [3.63, 3.8) is 0 Å². The molecule has 2 aromatic rings. The predicted octanol–water partition coefficient (Wildman–Crippen LogP) is 3.08. The summed E-state index contributed by atoms with van der Waals surface area (Å²) in [6, 6.07) is 9.80. The summed E-state index contributed by atoms with van der Waals surface area (Å²) >= 11 is 0. The van der Waals surface area contributed by atoms with E-state index in [9.17, 15) is 19.5 Å². The first-order valence-corrected chi connectivity index (χ1v) is 13.6. The maximum absolute atomic E-state index is 13.4. The van der Waals surface area contributed by atoms with Crippen molar-refractivity contribution in [2.24, 2.45) is 11.8 Å². The van der Waals surface area contributed by atoms with Gasteiger partial charge >= 0.3 is 6.03 Å². The van der Waals surface area contributed by atoms with E-state index in [1.807, 2.05) is 6.92 Å². The van der Waals surface area contributed by atoms with Crippen molar-refractivity contribution in [2.45, 2.75) is 45.3 Å². The summed E-state index contributed by atoms with van der Waals surface area (Å²) in [7, 11) is 1.68. The average Bonchev–Trinajstić information content (AvgIpc) is 3.68. The maximum Gasteiger partial charge on any atom is 0.321 e. The largest absolute Gasteiger partial charge is 0.488 e. The molecule has 3 atom stereocenters. The van der Waals surface area contributed by atoms with Gasteiger partial charge < -0.3 is 39.8 Å². The highest BCUT2D eigenvalue weighted by molar-refractivity contribution is 5.94. The molecule has 0 radical (unpaired) electrons. The van der Waals surface area contributed by atoms with E-state index in [2.05, 4.69) is 10.6 Å². The summed E-state index contributed by atoms with van der Waals surface area (Å²) in [6.07, 6.45) is 1.38. The molecule has 5 rings (SSSR count). The van der Waals surface area contributed by atoms with Gasteiger partial charge in [-0.1, -0.05) is 6.92 Å². The molecule has 2 aromatic carbocycles. The number of hydrogen-bond donors (Lipinski definition) is 3. The van der Waals surface area contributed by atoms with Crippen LogP contribution in [0.1, 0.15) is 32.3 Å². The third kappa shape index (κ3) is 6.25. The molecule has 214 valence electrons. The van der Waals surface area contributed by atoms with E-state index in [1.54, 1.807) is 55.3 Å². The zero-order valence-electron chi connectivity index (χ0n) is 23.0. The van der Waals surface area contributed by atoms with E-state index in [4.69, 9.17) is 14.2 Å². The van der Waals surface area contributed by atoms with Crippen LogP contribution in [0.3, 0.4) is 0 Å². The standard InChI is InChI=1S/C29H36N4O7/c1-17-13-33(18(2)15-34)27(35)11-20-10-21(30-28(36)19-4-5-19)6-8-23(20)40-26(17)14-32(3)29(37)31-22-7-9-24-25(12-22)39-16-38-24/h6-10,12,17-19,26,34H,4-5,11,13-16H2,1-3H3,(H,30,36)(H,31,37)/t17-,18+,26-/m0/s1. The fourth-order valence-corrected chi connectivity index (χ4v) is 4.86. The summed E-state index contributed by atoms with van der Waals surface area (Å²) in [6.45, 7) is 4.33. The molecule has 0 aromatic heterocycles. The minimum Gasteiger partial charge on any atom is -0.488 e. The monoisotopic (exact) mass is 552 g/mol. The quantitative estimate of drug-likeness (QED) is 0.481. The molecular formula is C29H36N4O7. The van der Waals surface area contributed by atoms with Gasteiger partial charge in [0.15, 0.2) is 11.5 Å². The molecule has 2 aliphatic heterocycles. The Kier molecular flexibility index (Phi) is 8.02. The molecular weight excluding hydrogens is 516 g/mol. The fraction of sp³-hybridized carbons (Fsp3) is 0.483. The number of nitrogens with zero attached hydrogens (tertiary/aromatic N) is 2. The van der Waals surface area contributed by atoms with Crippen LogP contribution in [0.25, 0.3) is 0 Å². The molecule has 11 nitrogen and oxygen atoms in total. The molecule has 11 heteroatoms. The van der Waals surface area contributed by atoms with Gasteiger partial charge in [-0.2, -0.15) is 0 Å². The summed E-state index contributed by atoms with van der Waals surface area (Å²) < 4.78 is 17.2. The maximum atomic E-state index is 13.4. The van der Waals surface area contributed by atoms with Crippen LogP contribution in [0.5, 0.6) is 17.2 Å². The van der Waals surface area contributed by atoms with Crippen LogP contribution in [-0.2, 0) is 16.0 Å². The lowest BCUT2D eigenvalue weighted by Crippen LogP contribution is -2.48. The van der Waals surface area contributed by atoms with Gasteiger partial charge in [0, 0.05) is 48.4 Å². The Morgan fingerprint density at radius 3 is 2.50 bits per heavy atom. The fourth-order valence-electron chi connectivity index (χ4n) is 4.86. The van der Waals surface area contributed by atoms with E-state index < -0.39 is 6.10 Å². The number of nitrogens with one attached hydrogen (secondary N) is 2. The first-order valence-electron chi connectivity index (χ1n) is 13.6. The number of aliphatic hydroxyl groups is 1. The zero-order valence-corrected chi connectivity index (χ0v) is 23.0. The minimum absolute atomic E-state index is 0.0209. The average molecular weight is 553 g/mol. The lowest BCUT2D eigenvalue weighted by molar-refractivity contribution is -0.134. The Labute approximate surface area is 233 Å². The number of rotatable bonds is 7. The Morgan fingerprint density at radius 2 is 1.77 bits per heavy atom. The number of ether oxygens (including phenoxy) is 3. The number of urea groups is 1. The Morgan fingerprint density at radius 1 is 1.07 bits per heavy atom. The van der Waals surface area contributed by atoms with E-state index in [0.717, 1.165) is 12.8 Å². The number of likely N-dealkylation sites (N-methyl/N-ethyl adjacent to an activating group) is 1. The Bertz CT molecular complexity index is 1280. The van der Waals surface area contributed by atoms with Crippen molar-refractivity contribution >= 4 is 29.2 Å². The topological polar surface area (TPSA) is 130 Å². The second-order valence-corrected chi connectivity index (χ2v) is 10.9. The number of hydrogen-bond acceptors (Lipinski definition) is 7. The number of benzene rings is 2. The van der Waals surface area contributed by atoms with Crippen LogP contribution in [0.4, 0.5) is 16.2 Å². The molecule has 3 N–H and O–H groups in total. The van der Waals surface area contributed by atoms with Crippen LogP contribution in [0.2, 0.25) is 0 Å². The van der Waals surface area contributed by atoms with Gasteiger partial charge in [-0.15, -0.1) is 0 Å². The van der Waals surface area contributed by atoms with Gasteiger partial charge in [0.05, 0.1) is 25.6 Å². The van der Waals surface area contributed by atoms with Gasteiger partial charge in [0.2, 0.25) is 18.6 Å². The number of carbonyl (C=O) groups is 3. The number of aliphatic hydroxyl groups excluding tert-OH is 1. The number of anilines is 2. The molecule has 1 fully saturated rings. The summed E-state index contributed by atoms with van der Waals surface area (Å²) in [5.41, 5.74) is 1.82. The first kappa shape index (κ1) is 27.6. The van der Waals surface area contributed by atoms with Crippen LogP contribution >= 0.6 is 0 Å². The summed E-state index contributed by atoms with van der Waals surface area (Å²) in [5, 5.41) is 15.7. The second-order valence-electron chi connectivity index (χ2n) is 10.9. The number of carbonyl (C=O) groups excluding carboxylic acids is 3. The molecule has 0 bridgehead atoms. The van der Waals surface area contributed by atoms with E-state index in [-0.39, 0.29) is 62.1 Å². The third-order valence-corrected chi connectivity index (χ3v) is 7.56. The molecule has 1 aliphatic carbocycles. The van der Waals surface area contributed by atoms with Crippen molar-refractivity contribution in [2.75, 3.05) is 44.2 Å². The van der Waals surface area contributed by atoms with Crippen molar-refractivity contribution in [3.05, 3.63) is 42.0 Å². The SMILES string of the molecule is C[C@H](CO)N1C[C@H](C)[C@H](CN(C)C(=O)Nc2ccc3c(c2)OCO3)Oc2ccc(NC(=O)C3CC3)cc2CC1=O. The van der Waals surface area contributed by atoms with Gasteiger partial charge in [0.25, 0.3) is 0 Å². The van der Waals surface area contributed by atoms with E-state index >= 15 is 0 Å². The third-order valence-electron chi connectivity index (χ3n) is 7.56. The zero-order chi connectivity index (χ0) is 28.4. The molecule has 40 heavy (non-hydrogen) atoms. The van der Waals surface area contributed by atoms with Crippen molar-refractivity contribution in [3.8, 4) is 17.2 Å². The lowest BCUT2D eigenvalue weighted by Gasteiger charge is -2.34. The van der Waals surface area contributed by atoms with Crippen LogP contribution < -0.4 is 24.8 Å². The van der Waals surface area contributed by atoms with E-state index in [0.29, 0.717) is 40.7 Å². The lowest BCUT2D eigenvalue weighted by atomic mass is 10.0. The van der Waals surface area contributed by atoms with Gasteiger partial charge in [0.1, 0.15) is 11.9 Å². The molecule has 0 saturated heterocycles. The highest BCUT2D eigenvalue weighted by Crippen LogP contribution is 2.35. The predicted molar refractivity (Wildman–Crippen MR) is 148 cm³/mol. The Hall–Kier alpha value is -3.99. The molecule has 3 aliphatic rings. The van der Waals surface area contributed by atoms with Crippen molar-refractivity contribution in [1.29, 1.82) is 0 Å². The highest BCUT2D eigenvalue weighted by atomic mass is 16.7. The van der Waals surface area contributed by atoms with Gasteiger partial charge in [-0.3, -0.25) is 9.59 Å². The second kappa shape index (κ2) is 11.6.